The fourth-order valence-corrected chi connectivity index (χ4v) is 1.34. The maximum absolute atomic E-state index is 7.42. The molecule has 0 atom stereocenters. The van der Waals surface area contributed by atoms with Crippen molar-refractivity contribution in [1.29, 1.82) is 5.41 Å². The molecule has 0 radical (unpaired) electrons. The minimum Gasteiger partial charge on any atom is -0.384 e. The zero-order valence-electron chi connectivity index (χ0n) is 8.72. The van der Waals surface area contributed by atoms with Gasteiger partial charge in [0.05, 0.1) is 0 Å². The SMILES string of the molecule is C=C(CC)c1ccc(C)c(C(=N)N)c1. The van der Waals surface area contributed by atoms with Gasteiger partial charge in [-0.2, -0.15) is 0 Å². The number of allylic oxidation sites excluding steroid dienone is 1. The van der Waals surface area contributed by atoms with Crippen LogP contribution >= 0.6 is 0 Å². The minimum absolute atomic E-state index is 0.119. The topological polar surface area (TPSA) is 49.9 Å². The van der Waals surface area contributed by atoms with Crippen molar-refractivity contribution in [2.45, 2.75) is 20.3 Å². The number of nitrogens with two attached hydrogens (primary N) is 1. The van der Waals surface area contributed by atoms with Crippen molar-refractivity contribution in [2.75, 3.05) is 0 Å². The summed E-state index contributed by atoms with van der Waals surface area (Å²) in [6.45, 7) is 7.98. The second-order valence-electron chi connectivity index (χ2n) is 3.40. The first kappa shape index (κ1) is 10.5. The molecule has 14 heavy (non-hydrogen) atoms. The molecule has 2 heteroatoms. The van der Waals surface area contributed by atoms with Crippen LogP contribution in [0.3, 0.4) is 0 Å². The van der Waals surface area contributed by atoms with E-state index in [-0.39, 0.29) is 5.84 Å². The quantitative estimate of drug-likeness (QED) is 0.556. The van der Waals surface area contributed by atoms with E-state index in [9.17, 15) is 0 Å². The summed E-state index contributed by atoms with van der Waals surface area (Å²) in [5, 5.41) is 7.42. The molecule has 0 heterocycles. The van der Waals surface area contributed by atoms with E-state index < -0.39 is 0 Å². The second-order valence-corrected chi connectivity index (χ2v) is 3.40. The van der Waals surface area contributed by atoms with Crippen LogP contribution in [0.4, 0.5) is 0 Å². The highest BCUT2D eigenvalue weighted by Gasteiger charge is 2.04. The summed E-state index contributed by atoms with van der Waals surface area (Å²) in [6, 6.07) is 5.93. The van der Waals surface area contributed by atoms with Crippen molar-refractivity contribution in [3.8, 4) is 0 Å². The number of aryl methyl sites for hydroxylation is 1. The number of rotatable bonds is 3. The molecule has 0 amide bonds. The largest absolute Gasteiger partial charge is 0.384 e. The molecule has 0 bridgehead atoms. The van der Waals surface area contributed by atoms with Crippen LogP contribution in [0.15, 0.2) is 24.8 Å². The van der Waals surface area contributed by atoms with Crippen LogP contribution in [0.5, 0.6) is 0 Å². The summed E-state index contributed by atoms with van der Waals surface area (Å²) >= 11 is 0. The van der Waals surface area contributed by atoms with E-state index in [2.05, 4.69) is 13.5 Å². The molecule has 0 aliphatic heterocycles. The third kappa shape index (κ3) is 2.02. The van der Waals surface area contributed by atoms with E-state index in [1.54, 1.807) is 0 Å². The molecule has 1 rings (SSSR count). The predicted molar refractivity (Wildman–Crippen MR) is 61.5 cm³/mol. The van der Waals surface area contributed by atoms with Gasteiger partial charge in [0.1, 0.15) is 5.84 Å². The Labute approximate surface area is 85.0 Å². The maximum atomic E-state index is 7.42. The van der Waals surface area contributed by atoms with Gasteiger partial charge in [0.2, 0.25) is 0 Å². The van der Waals surface area contributed by atoms with Crippen LogP contribution in [0.25, 0.3) is 5.57 Å². The second kappa shape index (κ2) is 4.09. The van der Waals surface area contributed by atoms with Gasteiger partial charge in [-0.3, -0.25) is 5.41 Å². The fourth-order valence-electron chi connectivity index (χ4n) is 1.34. The van der Waals surface area contributed by atoms with Gasteiger partial charge in [-0.05, 0) is 36.1 Å². The van der Waals surface area contributed by atoms with Crippen LogP contribution in [0, 0.1) is 12.3 Å². The van der Waals surface area contributed by atoms with Crippen LogP contribution in [-0.4, -0.2) is 5.84 Å². The first-order valence-electron chi connectivity index (χ1n) is 4.69. The lowest BCUT2D eigenvalue weighted by molar-refractivity contribution is 1.24. The van der Waals surface area contributed by atoms with Crippen LogP contribution in [0.1, 0.15) is 30.0 Å². The highest BCUT2D eigenvalue weighted by atomic mass is 14.7. The summed E-state index contributed by atoms with van der Waals surface area (Å²) in [6.07, 6.45) is 0.917. The highest BCUT2D eigenvalue weighted by molar-refractivity contribution is 5.97. The van der Waals surface area contributed by atoms with Gasteiger partial charge in [0.25, 0.3) is 0 Å². The standard InChI is InChI=1S/C12H16N2/c1-4-8(2)10-6-5-9(3)11(7-10)12(13)14/h5-7H,2,4H2,1,3H3,(H3,13,14). The molecule has 1 aromatic carbocycles. The summed E-state index contributed by atoms with van der Waals surface area (Å²) in [4.78, 5) is 0. The smallest absolute Gasteiger partial charge is 0.123 e. The summed E-state index contributed by atoms with van der Waals surface area (Å²) in [7, 11) is 0. The van der Waals surface area contributed by atoms with Crippen molar-refractivity contribution in [3.05, 3.63) is 41.5 Å². The Hall–Kier alpha value is -1.57. The lowest BCUT2D eigenvalue weighted by Crippen LogP contribution is -2.13. The van der Waals surface area contributed by atoms with E-state index in [0.717, 1.165) is 28.7 Å². The van der Waals surface area contributed by atoms with E-state index in [1.807, 2.05) is 25.1 Å². The molecule has 0 aliphatic rings. The molecule has 74 valence electrons. The zero-order valence-corrected chi connectivity index (χ0v) is 8.72. The van der Waals surface area contributed by atoms with Gasteiger partial charge in [0.15, 0.2) is 0 Å². The Kier molecular flexibility index (Phi) is 3.07. The number of hydrogen-bond acceptors (Lipinski definition) is 1. The average molecular weight is 188 g/mol. The van der Waals surface area contributed by atoms with Gasteiger partial charge >= 0.3 is 0 Å². The lowest BCUT2D eigenvalue weighted by atomic mass is 9.99. The molecule has 0 saturated heterocycles. The number of nitrogen functional groups attached to an aromatic ring is 1. The van der Waals surface area contributed by atoms with Crippen molar-refractivity contribution in [1.82, 2.24) is 0 Å². The molecule has 0 aromatic heterocycles. The molecule has 0 unspecified atom stereocenters. The number of hydrogen-bond donors (Lipinski definition) is 2. The molecule has 0 saturated carbocycles. The molecule has 3 N–H and O–H groups in total. The van der Waals surface area contributed by atoms with Gasteiger partial charge in [0, 0.05) is 5.56 Å². The molecule has 0 spiro atoms. The zero-order chi connectivity index (χ0) is 10.7. The molecular formula is C12H16N2. The first-order chi connectivity index (χ1) is 6.56. The first-order valence-corrected chi connectivity index (χ1v) is 4.69. The number of amidine groups is 1. The van der Waals surface area contributed by atoms with E-state index in [1.165, 1.54) is 0 Å². The molecule has 2 nitrogen and oxygen atoms in total. The maximum Gasteiger partial charge on any atom is 0.123 e. The van der Waals surface area contributed by atoms with Crippen molar-refractivity contribution < 1.29 is 0 Å². The summed E-state index contributed by atoms with van der Waals surface area (Å²) in [5.74, 6) is 0.119. The van der Waals surface area contributed by atoms with Gasteiger partial charge in [-0.1, -0.05) is 25.6 Å². The van der Waals surface area contributed by atoms with Crippen LogP contribution < -0.4 is 5.73 Å². The minimum atomic E-state index is 0.119. The predicted octanol–water partition coefficient (Wildman–Crippen LogP) is 2.70. The Morgan fingerprint density at radius 1 is 1.50 bits per heavy atom. The molecular weight excluding hydrogens is 172 g/mol. The van der Waals surface area contributed by atoms with Gasteiger partial charge < -0.3 is 5.73 Å². The van der Waals surface area contributed by atoms with Crippen molar-refractivity contribution in [2.24, 2.45) is 5.73 Å². The van der Waals surface area contributed by atoms with Crippen LogP contribution in [-0.2, 0) is 0 Å². The van der Waals surface area contributed by atoms with E-state index >= 15 is 0 Å². The number of benzene rings is 1. The lowest BCUT2D eigenvalue weighted by Gasteiger charge is -2.08. The molecule has 0 aliphatic carbocycles. The average Bonchev–Trinajstić information content (AvgIpc) is 2.17. The van der Waals surface area contributed by atoms with Gasteiger partial charge in [-0.15, -0.1) is 0 Å². The molecule has 0 fully saturated rings. The van der Waals surface area contributed by atoms with Crippen LogP contribution in [0.2, 0.25) is 0 Å². The van der Waals surface area contributed by atoms with Gasteiger partial charge in [-0.25, -0.2) is 0 Å². The third-order valence-corrected chi connectivity index (χ3v) is 2.36. The number of nitrogens with one attached hydrogen (secondary N) is 1. The van der Waals surface area contributed by atoms with E-state index in [4.69, 9.17) is 11.1 Å². The summed E-state index contributed by atoms with van der Waals surface area (Å²) in [5.41, 5.74) is 9.46. The Morgan fingerprint density at radius 3 is 2.64 bits per heavy atom. The van der Waals surface area contributed by atoms with Crippen molar-refractivity contribution >= 4 is 11.4 Å². The Bertz CT molecular complexity index is 378. The van der Waals surface area contributed by atoms with Crippen molar-refractivity contribution in [3.63, 3.8) is 0 Å². The Morgan fingerprint density at radius 2 is 2.14 bits per heavy atom. The molecule has 1 aromatic rings. The third-order valence-electron chi connectivity index (χ3n) is 2.36. The summed E-state index contributed by atoms with van der Waals surface area (Å²) < 4.78 is 0. The Balaban J connectivity index is 3.19. The highest BCUT2D eigenvalue weighted by Crippen LogP contribution is 2.19. The fraction of sp³-hybridized carbons (Fsp3) is 0.250. The van der Waals surface area contributed by atoms with E-state index in [0.29, 0.717) is 0 Å². The normalized spacial score (nSPS) is 9.86. The monoisotopic (exact) mass is 188 g/mol.